The zero-order valence-electron chi connectivity index (χ0n) is 9.49. The molecule has 0 spiro atoms. The zero-order valence-corrected chi connectivity index (χ0v) is 9.49. The summed E-state index contributed by atoms with van der Waals surface area (Å²) in [5, 5.41) is 2.61. The molecule has 5 nitrogen and oxygen atoms in total. The summed E-state index contributed by atoms with van der Waals surface area (Å²) in [5.74, 6) is -0.589. The van der Waals surface area contributed by atoms with E-state index >= 15 is 0 Å². The maximum atomic E-state index is 11.4. The smallest absolute Gasteiger partial charge is 0.408 e. The Morgan fingerprint density at radius 2 is 2.13 bits per heavy atom. The molecule has 86 valence electrons. The lowest BCUT2D eigenvalue weighted by molar-refractivity contribution is -0.140. The SMILES string of the molecule is C[C@H]1C(=O)OC[C@@H]1NC(=O)OC(C)(C)C. The molecule has 0 aromatic rings. The van der Waals surface area contributed by atoms with Gasteiger partial charge in [0.2, 0.25) is 0 Å². The van der Waals surface area contributed by atoms with Crippen LogP contribution in [0.4, 0.5) is 4.79 Å². The van der Waals surface area contributed by atoms with Gasteiger partial charge in [0.1, 0.15) is 12.2 Å². The van der Waals surface area contributed by atoms with E-state index in [4.69, 9.17) is 9.47 Å². The first kappa shape index (κ1) is 11.8. The Hall–Kier alpha value is -1.26. The quantitative estimate of drug-likeness (QED) is 0.664. The Bertz CT molecular complexity index is 269. The average molecular weight is 215 g/mol. The molecule has 1 aliphatic rings. The molecule has 5 heteroatoms. The maximum Gasteiger partial charge on any atom is 0.408 e. The predicted molar refractivity (Wildman–Crippen MR) is 53.3 cm³/mol. The minimum absolute atomic E-state index is 0.221. The van der Waals surface area contributed by atoms with Gasteiger partial charge < -0.3 is 14.8 Å². The van der Waals surface area contributed by atoms with Crippen molar-refractivity contribution >= 4 is 12.1 Å². The summed E-state index contributed by atoms with van der Waals surface area (Å²) in [6, 6.07) is -0.285. The topological polar surface area (TPSA) is 64.6 Å². The first-order chi connectivity index (χ1) is 6.79. The van der Waals surface area contributed by atoms with Crippen LogP contribution in [0.3, 0.4) is 0 Å². The Balaban J connectivity index is 2.42. The second-order valence-electron chi connectivity index (χ2n) is 4.67. The number of amides is 1. The molecule has 0 aromatic heterocycles. The van der Waals surface area contributed by atoms with Gasteiger partial charge in [-0.1, -0.05) is 0 Å². The van der Waals surface area contributed by atoms with Crippen molar-refractivity contribution in [3.63, 3.8) is 0 Å². The van der Waals surface area contributed by atoms with Crippen molar-refractivity contribution in [3.8, 4) is 0 Å². The molecule has 1 saturated heterocycles. The van der Waals surface area contributed by atoms with Crippen LogP contribution >= 0.6 is 0 Å². The van der Waals surface area contributed by atoms with Crippen LogP contribution in [0.2, 0.25) is 0 Å². The van der Waals surface area contributed by atoms with Crippen LogP contribution in [-0.2, 0) is 14.3 Å². The number of cyclic esters (lactones) is 1. The number of rotatable bonds is 1. The minimum Gasteiger partial charge on any atom is -0.463 e. The van der Waals surface area contributed by atoms with Crippen molar-refractivity contribution in [1.82, 2.24) is 5.32 Å². The van der Waals surface area contributed by atoms with Crippen molar-refractivity contribution in [3.05, 3.63) is 0 Å². The highest BCUT2D eigenvalue weighted by molar-refractivity contribution is 5.77. The molecule has 2 atom stereocenters. The summed E-state index contributed by atoms with van der Waals surface area (Å²) >= 11 is 0. The Morgan fingerprint density at radius 3 is 2.53 bits per heavy atom. The molecule has 0 radical (unpaired) electrons. The largest absolute Gasteiger partial charge is 0.463 e. The molecule has 0 saturated carbocycles. The molecule has 0 aromatic carbocycles. The van der Waals surface area contributed by atoms with E-state index in [0.717, 1.165) is 0 Å². The summed E-state index contributed by atoms with van der Waals surface area (Å²) in [6.45, 7) is 7.29. The van der Waals surface area contributed by atoms with Crippen molar-refractivity contribution < 1.29 is 19.1 Å². The van der Waals surface area contributed by atoms with E-state index in [1.165, 1.54) is 0 Å². The molecule has 1 amide bonds. The summed E-state index contributed by atoms with van der Waals surface area (Å²) in [5.41, 5.74) is -0.531. The fraction of sp³-hybridized carbons (Fsp3) is 0.800. The number of hydrogen-bond donors (Lipinski definition) is 1. The first-order valence-corrected chi connectivity index (χ1v) is 4.96. The van der Waals surface area contributed by atoms with Gasteiger partial charge in [-0.05, 0) is 27.7 Å². The third kappa shape index (κ3) is 3.42. The van der Waals surface area contributed by atoms with Crippen LogP contribution in [0.15, 0.2) is 0 Å². The van der Waals surface area contributed by atoms with Gasteiger partial charge in [0, 0.05) is 0 Å². The number of esters is 1. The van der Waals surface area contributed by atoms with Crippen LogP contribution < -0.4 is 5.32 Å². The highest BCUT2D eigenvalue weighted by Crippen LogP contribution is 2.15. The number of carbonyl (C=O) groups is 2. The van der Waals surface area contributed by atoms with E-state index in [1.807, 2.05) is 0 Å². The van der Waals surface area contributed by atoms with Crippen LogP contribution in [0, 0.1) is 5.92 Å². The van der Waals surface area contributed by atoms with E-state index < -0.39 is 11.7 Å². The van der Waals surface area contributed by atoms with Gasteiger partial charge in [0.05, 0.1) is 12.0 Å². The molecule has 1 fully saturated rings. The number of alkyl carbamates (subject to hydrolysis) is 1. The third-order valence-electron chi connectivity index (χ3n) is 2.08. The van der Waals surface area contributed by atoms with Crippen molar-refractivity contribution in [2.75, 3.05) is 6.61 Å². The number of carbonyl (C=O) groups excluding carboxylic acids is 2. The van der Waals surface area contributed by atoms with Crippen LogP contribution in [0.1, 0.15) is 27.7 Å². The molecule has 0 bridgehead atoms. The van der Waals surface area contributed by atoms with Gasteiger partial charge >= 0.3 is 12.1 Å². The Morgan fingerprint density at radius 1 is 1.53 bits per heavy atom. The van der Waals surface area contributed by atoms with Gasteiger partial charge in [0.25, 0.3) is 0 Å². The summed E-state index contributed by atoms with van der Waals surface area (Å²) in [7, 11) is 0. The van der Waals surface area contributed by atoms with E-state index in [1.54, 1.807) is 27.7 Å². The molecule has 0 aliphatic carbocycles. The van der Waals surface area contributed by atoms with E-state index in [-0.39, 0.29) is 24.5 Å². The molecule has 1 aliphatic heterocycles. The predicted octanol–water partition coefficient (Wildman–Crippen LogP) is 1.07. The van der Waals surface area contributed by atoms with Gasteiger partial charge in [-0.25, -0.2) is 4.79 Å². The second kappa shape index (κ2) is 4.08. The number of ether oxygens (including phenoxy) is 2. The van der Waals surface area contributed by atoms with E-state index in [2.05, 4.69) is 5.32 Å². The number of nitrogens with one attached hydrogen (secondary N) is 1. The van der Waals surface area contributed by atoms with E-state index in [9.17, 15) is 9.59 Å². The van der Waals surface area contributed by atoms with Gasteiger partial charge in [-0.15, -0.1) is 0 Å². The third-order valence-corrected chi connectivity index (χ3v) is 2.08. The van der Waals surface area contributed by atoms with Gasteiger partial charge in [0.15, 0.2) is 0 Å². The highest BCUT2D eigenvalue weighted by atomic mass is 16.6. The Labute approximate surface area is 89.1 Å². The lowest BCUT2D eigenvalue weighted by atomic mass is 10.1. The average Bonchev–Trinajstić information content (AvgIpc) is 2.32. The maximum absolute atomic E-state index is 11.4. The molecule has 1 rings (SSSR count). The van der Waals surface area contributed by atoms with Crippen LogP contribution in [0.25, 0.3) is 0 Å². The Kier molecular flexibility index (Phi) is 3.21. The van der Waals surface area contributed by atoms with Gasteiger partial charge in [-0.2, -0.15) is 0 Å². The zero-order chi connectivity index (χ0) is 11.6. The van der Waals surface area contributed by atoms with Crippen molar-refractivity contribution in [2.24, 2.45) is 5.92 Å². The summed E-state index contributed by atoms with van der Waals surface area (Å²) in [4.78, 5) is 22.4. The number of hydrogen-bond acceptors (Lipinski definition) is 4. The monoisotopic (exact) mass is 215 g/mol. The van der Waals surface area contributed by atoms with Crippen molar-refractivity contribution in [2.45, 2.75) is 39.3 Å². The van der Waals surface area contributed by atoms with Gasteiger partial charge in [-0.3, -0.25) is 4.79 Å². The molecular weight excluding hydrogens is 198 g/mol. The fourth-order valence-electron chi connectivity index (χ4n) is 1.24. The lowest BCUT2D eigenvalue weighted by Gasteiger charge is -2.21. The second-order valence-corrected chi connectivity index (χ2v) is 4.67. The first-order valence-electron chi connectivity index (χ1n) is 4.96. The normalized spacial score (nSPS) is 26.0. The van der Waals surface area contributed by atoms with Crippen LogP contribution in [0.5, 0.6) is 0 Å². The minimum atomic E-state index is -0.531. The molecular formula is C10H17NO4. The molecule has 15 heavy (non-hydrogen) atoms. The molecule has 0 unspecified atom stereocenters. The van der Waals surface area contributed by atoms with Crippen LogP contribution in [-0.4, -0.2) is 30.3 Å². The summed E-state index contributed by atoms with van der Waals surface area (Å²) in [6.07, 6.45) is -0.516. The lowest BCUT2D eigenvalue weighted by Crippen LogP contribution is -2.42. The summed E-state index contributed by atoms with van der Waals surface area (Å²) < 4.78 is 9.87. The van der Waals surface area contributed by atoms with Crippen molar-refractivity contribution in [1.29, 1.82) is 0 Å². The standard InChI is InChI=1S/C10H17NO4/c1-6-7(5-14-8(6)12)11-9(13)15-10(2,3)4/h6-7H,5H2,1-4H3,(H,11,13)/t6-,7+/m1/s1. The molecule has 1 heterocycles. The fourth-order valence-corrected chi connectivity index (χ4v) is 1.24. The molecule has 1 N–H and O–H groups in total. The van der Waals surface area contributed by atoms with E-state index in [0.29, 0.717) is 0 Å². The highest BCUT2D eigenvalue weighted by Gasteiger charge is 2.35.